The van der Waals surface area contributed by atoms with Gasteiger partial charge < -0.3 is 14.7 Å². The Balaban J connectivity index is 4.20. The van der Waals surface area contributed by atoms with Crippen LogP contribution < -0.4 is 0 Å². The van der Waals surface area contributed by atoms with Crippen LogP contribution in [0.15, 0.2) is 0 Å². The number of nitrogens with zero attached hydrogens (tertiary/aromatic N) is 1. The molecule has 0 fully saturated rings. The first-order chi connectivity index (χ1) is 16.6. The first-order valence-corrected chi connectivity index (χ1v) is 15.1. The lowest BCUT2D eigenvalue weighted by Gasteiger charge is -2.24. The highest BCUT2D eigenvalue weighted by molar-refractivity contribution is 5.72. The second-order valence-corrected chi connectivity index (χ2v) is 10.6. The third-order valence-corrected chi connectivity index (χ3v) is 7.05. The van der Waals surface area contributed by atoms with E-state index in [1.807, 2.05) is 0 Å². The third-order valence-electron chi connectivity index (χ3n) is 7.05. The van der Waals surface area contributed by atoms with Crippen molar-refractivity contribution in [3.63, 3.8) is 0 Å². The Bertz CT molecular complexity index is 429. The van der Waals surface area contributed by atoms with Crippen LogP contribution in [0.3, 0.4) is 0 Å². The van der Waals surface area contributed by atoms with Crippen LogP contribution >= 0.6 is 0 Å². The molecule has 0 aromatic rings. The van der Waals surface area contributed by atoms with Crippen molar-refractivity contribution >= 4 is 5.97 Å². The zero-order chi connectivity index (χ0) is 25.3. The summed E-state index contributed by atoms with van der Waals surface area (Å²) < 4.78 is 5.75. The standard InChI is InChI=1S/C30H61NO3/c1-5-8-11-13-15-17-22-29(21-16-14-12-9-6-2)30(33)34-26-19-18-20-28(4)27-31(24-25-32)23-10-7-3/h28-29,32H,5-27H2,1-4H3. The first kappa shape index (κ1) is 33.4. The first-order valence-electron chi connectivity index (χ1n) is 15.1. The molecule has 2 atom stereocenters. The number of aliphatic hydroxyl groups is 1. The molecular weight excluding hydrogens is 422 g/mol. The van der Waals surface area contributed by atoms with Gasteiger partial charge >= 0.3 is 5.97 Å². The topological polar surface area (TPSA) is 49.8 Å². The predicted molar refractivity (Wildman–Crippen MR) is 147 cm³/mol. The van der Waals surface area contributed by atoms with Crippen LogP contribution in [0, 0.1) is 11.8 Å². The second kappa shape index (κ2) is 25.5. The van der Waals surface area contributed by atoms with Gasteiger partial charge in [-0.2, -0.15) is 0 Å². The lowest BCUT2D eigenvalue weighted by Crippen LogP contribution is -2.32. The van der Waals surface area contributed by atoms with Gasteiger partial charge in [0, 0.05) is 13.1 Å². The van der Waals surface area contributed by atoms with E-state index in [4.69, 9.17) is 4.74 Å². The molecule has 0 aliphatic carbocycles. The van der Waals surface area contributed by atoms with Crippen LogP contribution in [0.1, 0.15) is 143 Å². The highest BCUT2D eigenvalue weighted by Gasteiger charge is 2.19. The summed E-state index contributed by atoms with van der Waals surface area (Å²) in [6, 6.07) is 0. The maximum absolute atomic E-state index is 12.8. The van der Waals surface area contributed by atoms with Gasteiger partial charge in [0.25, 0.3) is 0 Å². The Labute approximate surface area is 213 Å². The van der Waals surface area contributed by atoms with E-state index in [0.29, 0.717) is 12.5 Å². The number of esters is 1. The van der Waals surface area contributed by atoms with Gasteiger partial charge in [-0.25, -0.2) is 0 Å². The fourth-order valence-corrected chi connectivity index (χ4v) is 4.78. The minimum absolute atomic E-state index is 0.0609. The molecule has 0 aromatic heterocycles. The summed E-state index contributed by atoms with van der Waals surface area (Å²) in [5, 5.41) is 9.30. The van der Waals surface area contributed by atoms with Crippen molar-refractivity contribution in [2.24, 2.45) is 11.8 Å². The molecule has 34 heavy (non-hydrogen) atoms. The SMILES string of the molecule is CCCCCCCCC(CCCCCCC)C(=O)OCCCCC(C)CN(CCO)CCCC. The summed E-state index contributed by atoms with van der Waals surface area (Å²) in [5.41, 5.74) is 0. The Hall–Kier alpha value is -0.610. The minimum Gasteiger partial charge on any atom is -0.465 e. The van der Waals surface area contributed by atoms with Gasteiger partial charge in [0.05, 0.1) is 19.1 Å². The lowest BCUT2D eigenvalue weighted by atomic mass is 9.94. The van der Waals surface area contributed by atoms with E-state index in [2.05, 4.69) is 32.6 Å². The Morgan fingerprint density at radius 3 is 1.79 bits per heavy atom. The van der Waals surface area contributed by atoms with Gasteiger partial charge in [-0.1, -0.05) is 105 Å². The fraction of sp³-hybridized carbons (Fsp3) is 0.967. The number of carbonyl (C=O) groups excluding carboxylic acids is 1. The molecular formula is C30H61NO3. The van der Waals surface area contributed by atoms with Crippen LogP contribution in [0.5, 0.6) is 0 Å². The number of unbranched alkanes of at least 4 members (excludes halogenated alkanes) is 11. The zero-order valence-electron chi connectivity index (χ0n) is 23.6. The van der Waals surface area contributed by atoms with E-state index >= 15 is 0 Å². The Kier molecular flexibility index (Phi) is 25.0. The number of rotatable bonds is 26. The van der Waals surface area contributed by atoms with Gasteiger partial charge in [0.1, 0.15) is 0 Å². The van der Waals surface area contributed by atoms with Crippen molar-refractivity contribution < 1.29 is 14.6 Å². The zero-order valence-corrected chi connectivity index (χ0v) is 23.6. The van der Waals surface area contributed by atoms with Crippen molar-refractivity contribution in [1.29, 1.82) is 0 Å². The molecule has 0 rings (SSSR count). The van der Waals surface area contributed by atoms with Crippen LogP contribution in [0.25, 0.3) is 0 Å². The van der Waals surface area contributed by atoms with E-state index in [1.165, 1.54) is 77.0 Å². The molecule has 0 saturated heterocycles. The number of aliphatic hydroxyl groups excluding tert-OH is 1. The number of hydrogen-bond acceptors (Lipinski definition) is 4. The largest absolute Gasteiger partial charge is 0.465 e. The minimum atomic E-state index is 0.0609. The van der Waals surface area contributed by atoms with Crippen molar-refractivity contribution in [3.05, 3.63) is 0 Å². The average molecular weight is 484 g/mol. The molecule has 0 radical (unpaired) electrons. The molecule has 4 heteroatoms. The van der Waals surface area contributed by atoms with Gasteiger partial charge in [-0.05, 0) is 51.0 Å². The molecule has 0 saturated carbocycles. The molecule has 0 aromatic carbocycles. The lowest BCUT2D eigenvalue weighted by molar-refractivity contribution is -0.149. The van der Waals surface area contributed by atoms with Crippen molar-refractivity contribution in [2.75, 3.05) is 32.8 Å². The van der Waals surface area contributed by atoms with Gasteiger partial charge in [0.2, 0.25) is 0 Å². The summed E-state index contributed by atoms with van der Waals surface area (Å²) >= 11 is 0. The van der Waals surface area contributed by atoms with Crippen molar-refractivity contribution in [2.45, 2.75) is 143 Å². The van der Waals surface area contributed by atoms with Crippen molar-refractivity contribution in [3.8, 4) is 0 Å². The van der Waals surface area contributed by atoms with Crippen LogP contribution in [0.2, 0.25) is 0 Å². The second-order valence-electron chi connectivity index (χ2n) is 10.6. The Morgan fingerprint density at radius 1 is 0.706 bits per heavy atom. The maximum Gasteiger partial charge on any atom is 0.308 e. The summed E-state index contributed by atoms with van der Waals surface area (Å²) in [7, 11) is 0. The maximum atomic E-state index is 12.8. The molecule has 1 N–H and O–H groups in total. The van der Waals surface area contributed by atoms with Crippen molar-refractivity contribution in [1.82, 2.24) is 4.90 Å². The molecule has 0 aliphatic rings. The summed E-state index contributed by atoms with van der Waals surface area (Å²) in [5.74, 6) is 0.783. The quantitative estimate of drug-likeness (QED) is 0.0995. The molecule has 4 nitrogen and oxygen atoms in total. The highest BCUT2D eigenvalue weighted by atomic mass is 16.5. The van der Waals surface area contributed by atoms with E-state index in [-0.39, 0.29) is 18.5 Å². The van der Waals surface area contributed by atoms with E-state index in [1.54, 1.807) is 0 Å². The molecule has 0 heterocycles. The van der Waals surface area contributed by atoms with E-state index in [9.17, 15) is 9.90 Å². The highest BCUT2D eigenvalue weighted by Crippen LogP contribution is 2.21. The molecule has 2 unspecified atom stereocenters. The van der Waals surface area contributed by atoms with Gasteiger partial charge in [-0.3, -0.25) is 4.79 Å². The molecule has 0 bridgehead atoms. The predicted octanol–water partition coefficient (Wildman–Crippen LogP) is 8.16. The fourth-order valence-electron chi connectivity index (χ4n) is 4.78. The normalized spacial score (nSPS) is 13.4. The van der Waals surface area contributed by atoms with Crippen LogP contribution in [0.4, 0.5) is 0 Å². The van der Waals surface area contributed by atoms with Crippen LogP contribution in [-0.4, -0.2) is 48.8 Å². The molecule has 0 aliphatic heterocycles. The summed E-state index contributed by atoms with van der Waals surface area (Å²) in [6.45, 7) is 12.7. The number of carbonyl (C=O) groups is 1. The van der Waals surface area contributed by atoms with E-state index < -0.39 is 0 Å². The molecule has 204 valence electrons. The Morgan fingerprint density at radius 2 is 1.24 bits per heavy atom. The smallest absolute Gasteiger partial charge is 0.308 e. The molecule has 0 spiro atoms. The summed E-state index contributed by atoms with van der Waals surface area (Å²) in [4.78, 5) is 15.2. The van der Waals surface area contributed by atoms with Gasteiger partial charge in [-0.15, -0.1) is 0 Å². The van der Waals surface area contributed by atoms with E-state index in [0.717, 1.165) is 58.2 Å². The number of hydrogen-bond donors (Lipinski definition) is 1. The third kappa shape index (κ3) is 20.7. The van der Waals surface area contributed by atoms with Crippen LogP contribution in [-0.2, 0) is 9.53 Å². The molecule has 0 amide bonds. The number of ether oxygens (including phenoxy) is 1. The monoisotopic (exact) mass is 483 g/mol. The van der Waals surface area contributed by atoms with Gasteiger partial charge in [0.15, 0.2) is 0 Å². The average Bonchev–Trinajstić information content (AvgIpc) is 2.83. The summed E-state index contributed by atoms with van der Waals surface area (Å²) in [6.07, 6.45) is 21.6.